The lowest BCUT2D eigenvalue weighted by atomic mass is 10.0. The van der Waals surface area contributed by atoms with Gasteiger partial charge in [-0.25, -0.2) is 0 Å². The van der Waals surface area contributed by atoms with Gasteiger partial charge in [-0.3, -0.25) is 10.2 Å². The molecule has 0 aliphatic carbocycles. The van der Waals surface area contributed by atoms with Gasteiger partial charge >= 0.3 is 0 Å². The molecule has 2 aromatic rings. The van der Waals surface area contributed by atoms with E-state index >= 15 is 0 Å². The van der Waals surface area contributed by atoms with Crippen LogP contribution in [0.25, 0.3) is 6.08 Å². The van der Waals surface area contributed by atoms with E-state index < -0.39 is 0 Å². The minimum absolute atomic E-state index is 0.141. The van der Waals surface area contributed by atoms with Crippen LogP contribution in [0.3, 0.4) is 0 Å². The fourth-order valence-electron chi connectivity index (χ4n) is 2.86. The normalized spacial score (nSPS) is 15.2. The fourth-order valence-corrected chi connectivity index (χ4v) is 3.55. The number of amidine groups is 1. The first-order valence-corrected chi connectivity index (χ1v) is 10.0. The average molecular weight is 397 g/mol. The Morgan fingerprint density at radius 1 is 1.11 bits per heavy atom. The van der Waals surface area contributed by atoms with Gasteiger partial charge in [0.15, 0.2) is 5.17 Å². The topological polar surface area (TPSA) is 71.4 Å². The second-order valence-corrected chi connectivity index (χ2v) is 7.88. The van der Waals surface area contributed by atoms with Crippen LogP contribution < -0.4 is 14.8 Å². The number of hydrogen-bond donors (Lipinski definition) is 2. The van der Waals surface area contributed by atoms with Crippen molar-refractivity contribution in [1.29, 1.82) is 5.41 Å². The molecule has 6 heteroatoms. The smallest absolute Gasteiger partial charge is 0.264 e. The summed E-state index contributed by atoms with van der Waals surface area (Å²) in [5.41, 5.74) is 3.14. The number of thioether (sulfide) groups is 1. The number of amides is 1. The summed E-state index contributed by atoms with van der Waals surface area (Å²) in [6.07, 6.45) is 1.75. The highest BCUT2D eigenvalue weighted by Crippen LogP contribution is 2.29. The third-order valence-corrected chi connectivity index (χ3v) is 5.09. The molecule has 0 saturated carbocycles. The molecule has 0 unspecified atom stereocenters. The van der Waals surface area contributed by atoms with Crippen LogP contribution in [0, 0.1) is 12.3 Å². The van der Waals surface area contributed by atoms with E-state index in [4.69, 9.17) is 14.9 Å². The number of ether oxygens (including phenoxy) is 2. The molecule has 146 valence electrons. The lowest BCUT2D eigenvalue weighted by Gasteiger charge is -2.15. The second kappa shape index (κ2) is 8.97. The molecule has 0 atom stereocenters. The first-order chi connectivity index (χ1) is 13.4. The predicted molar refractivity (Wildman–Crippen MR) is 114 cm³/mol. The molecule has 1 aliphatic rings. The number of carbonyl (C=O) groups is 1. The Morgan fingerprint density at radius 3 is 2.50 bits per heavy atom. The van der Waals surface area contributed by atoms with Crippen LogP contribution in [0.2, 0.25) is 0 Å². The molecule has 2 aromatic carbocycles. The third-order valence-electron chi connectivity index (χ3n) is 4.26. The van der Waals surface area contributed by atoms with Gasteiger partial charge in [0, 0.05) is 5.56 Å². The van der Waals surface area contributed by atoms with Gasteiger partial charge in [0.1, 0.15) is 24.7 Å². The summed E-state index contributed by atoms with van der Waals surface area (Å²) in [7, 11) is 0. The number of hydrogen-bond acceptors (Lipinski definition) is 5. The Balaban J connectivity index is 1.64. The molecule has 1 amide bonds. The van der Waals surface area contributed by atoms with Gasteiger partial charge in [0.05, 0.1) is 4.91 Å². The molecule has 5 nitrogen and oxygen atoms in total. The minimum Gasteiger partial charge on any atom is -0.490 e. The van der Waals surface area contributed by atoms with E-state index in [-0.39, 0.29) is 11.1 Å². The van der Waals surface area contributed by atoms with Gasteiger partial charge in [-0.05, 0) is 53.9 Å². The van der Waals surface area contributed by atoms with E-state index in [0.29, 0.717) is 29.8 Å². The Bertz CT molecular complexity index is 922. The van der Waals surface area contributed by atoms with Crippen molar-refractivity contribution >= 4 is 28.9 Å². The molecule has 1 fully saturated rings. The zero-order valence-electron chi connectivity index (χ0n) is 16.2. The van der Waals surface area contributed by atoms with Gasteiger partial charge in [0.25, 0.3) is 5.91 Å². The van der Waals surface area contributed by atoms with E-state index in [1.165, 1.54) is 5.56 Å². The molecule has 0 bridgehead atoms. The van der Waals surface area contributed by atoms with Gasteiger partial charge in [-0.2, -0.15) is 0 Å². The summed E-state index contributed by atoms with van der Waals surface area (Å²) in [5.74, 6) is 1.71. The maximum atomic E-state index is 11.8. The summed E-state index contributed by atoms with van der Waals surface area (Å²) < 4.78 is 11.9. The van der Waals surface area contributed by atoms with Crippen LogP contribution in [0.4, 0.5) is 0 Å². The molecular weight excluding hydrogens is 372 g/mol. The maximum absolute atomic E-state index is 11.8. The Kier molecular flexibility index (Phi) is 6.41. The molecular formula is C22H24N2O3S. The lowest BCUT2D eigenvalue weighted by molar-refractivity contribution is -0.115. The van der Waals surface area contributed by atoms with E-state index in [2.05, 4.69) is 37.4 Å². The van der Waals surface area contributed by atoms with Crippen molar-refractivity contribution in [3.63, 3.8) is 0 Å². The number of aryl methyl sites for hydroxylation is 1. The SMILES string of the molecule is Cc1ccc(C(C)C)c(OCCOc2ccccc2C=C2SC(=N)NC2=O)c1. The van der Waals surface area contributed by atoms with E-state index in [0.717, 1.165) is 28.6 Å². The Labute approximate surface area is 169 Å². The highest BCUT2D eigenvalue weighted by molar-refractivity contribution is 8.18. The standard InChI is InChI=1S/C22H24N2O3S/c1-14(2)17-9-8-15(3)12-19(17)27-11-10-26-18-7-5-4-6-16(18)13-20-21(25)24-22(23)28-20/h4-9,12-14H,10-11H2,1-3H3,(H2,23,24,25). The summed E-state index contributed by atoms with van der Waals surface area (Å²) >= 11 is 1.11. The van der Waals surface area contributed by atoms with Crippen molar-refractivity contribution in [2.75, 3.05) is 13.2 Å². The first kappa shape index (κ1) is 20.0. The summed E-state index contributed by atoms with van der Waals surface area (Å²) in [6.45, 7) is 7.16. The van der Waals surface area contributed by atoms with Crippen LogP contribution in [0.1, 0.15) is 36.5 Å². The van der Waals surface area contributed by atoms with Crippen LogP contribution in [-0.2, 0) is 4.79 Å². The second-order valence-electron chi connectivity index (χ2n) is 6.82. The zero-order chi connectivity index (χ0) is 20.1. The first-order valence-electron chi connectivity index (χ1n) is 9.18. The van der Waals surface area contributed by atoms with Crippen molar-refractivity contribution in [2.24, 2.45) is 0 Å². The molecule has 3 rings (SSSR count). The number of carbonyl (C=O) groups excluding carboxylic acids is 1. The Morgan fingerprint density at radius 2 is 1.82 bits per heavy atom. The van der Waals surface area contributed by atoms with Crippen LogP contribution in [-0.4, -0.2) is 24.3 Å². The maximum Gasteiger partial charge on any atom is 0.264 e. The van der Waals surface area contributed by atoms with Gasteiger partial charge in [-0.15, -0.1) is 0 Å². The molecule has 0 spiro atoms. The number of nitrogens with one attached hydrogen (secondary N) is 2. The zero-order valence-corrected chi connectivity index (χ0v) is 17.1. The van der Waals surface area contributed by atoms with Crippen molar-refractivity contribution in [3.05, 3.63) is 64.1 Å². The summed E-state index contributed by atoms with van der Waals surface area (Å²) in [4.78, 5) is 12.3. The average Bonchev–Trinajstić information content (AvgIpc) is 2.97. The van der Waals surface area contributed by atoms with Crippen LogP contribution >= 0.6 is 11.8 Å². The highest BCUT2D eigenvalue weighted by atomic mass is 32.2. The van der Waals surface area contributed by atoms with Crippen LogP contribution in [0.15, 0.2) is 47.4 Å². The van der Waals surface area contributed by atoms with Crippen LogP contribution in [0.5, 0.6) is 11.5 Å². The van der Waals surface area contributed by atoms with E-state index in [1.807, 2.05) is 31.2 Å². The van der Waals surface area contributed by atoms with E-state index in [9.17, 15) is 4.79 Å². The molecule has 0 aromatic heterocycles. The van der Waals surface area contributed by atoms with Crippen molar-refractivity contribution in [1.82, 2.24) is 5.32 Å². The minimum atomic E-state index is -0.256. The quantitative estimate of drug-likeness (QED) is 0.525. The number of para-hydroxylation sites is 1. The molecule has 1 saturated heterocycles. The van der Waals surface area contributed by atoms with Gasteiger partial charge < -0.3 is 14.8 Å². The van der Waals surface area contributed by atoms with Gasteiger partial charge in [-0.1, -0.05) is 44.2 Å². The molecule has 0 radical (unpaired) electrons. The summed E-state index contributed by atoms with van der Waals surface area (Å²) in [6, 6.07) is 13.8. The highest BCUT2D eigenvalue weighted by Gasteiger charge is 2.22. The van der Waals surface area contributed by atoms with Gasteiger partial charge in [0.2, 0.25) is 0 Å². The molecule has 28 heavy (non-hydrogen) atoms. The lowest BCUT2D eigenvalue weighted by Crippen LogP contribution is -2.18. The monoisotopic (exact) mass is 396 g/mol. The molecule has 2 N–H and O–H groups in total. The number of benzene rings is 2. The summed E-state index contributed by atoms with van der Waals surface area (Å²) in [5, 5.41) is 10.2. The van der Waals surface area contributed by atoms with Crippen molar-refractivity contribution < 1.29 is 14.3 Å². The molecule has 1 aliphatic heterocycles. The third kappa shape index (κ3) is 4.95. The van der Waals surface area contributed by atoms with Crippen molar-refractivity contribution in [3.8, 4) is 11.5 Å². The number of rotatable bonds is 7. The van der Waals surface area contributed by atoms with E-state index in [1.54, 1.807) is 6.08 Å². The van der Waals surface area contributed by atoms with Crippen molar-refractivity contribution in [2.45, 2.75) is 26.7 Å². The molecule has 1 heterocycles. The largest absolute Gasteiger partial charge is 0.490 e. The predicted octanol–water partition coefficient (Wildman–Crippen LogP) is 4.71. The fraction of sp³-hybridized carbons (Fsp3) is 0.273. The Hall–Kier alpha value is -2.73.